The van der Waals surface area contributed by atoms with E-state index in [0.29, 0.717) is 5.56 Å². The monoisotopic (exact) mass is 906 g/mol. The molecule has 14 aromatic rings. The van der Waals surface area contributed by atoms with E-state index in [4.69, 9.17) is 6.85 Å². The minimum atomic E-state index is -0.393. The number of hydrogen-bond donors (Lipinski definition) is 0. The molecule has 0 aliphatic rings. The van der Waals surface area contributed by atoms with Crippen molar-refractivity contribution in [2.45, 2.75) is 0 Å². The second kappa shape index (κ2) is 14.8. The zero-order chi connectivity index (χ0) is 47.6. The zero-order valence-electron chi connectivity index (χ0n) is 40.5. The fourth-order valence-electron chi connectivity index (χ4n) is 10.9. The molecule has 0 fully saturated rings. The predicted octanol–water partition coefficient (Wildman–Crippen LogP) is 17.4. The third kappa shape index (κ3) is 5.53. The quantitative estimate of drug-likeness (QED) is 0.120. The summed E-state index contributed by atoms with van der Waals surface area (Å²) >= 11 is -0.0469. The van der Waals surface area contributed by atoms with Crippen LogP contribution >= 0.6 is 0 Å². The van der Waals surface area contributed by atoms with Gasteiger partial charge in [-0.15, -0.1) is 0 Å². The van der Waals surface area contributed by atoms with Gasteiger partial charge >= 0.3 is 326 Å². The van der Waals surface area contributed by atoms with Crippen molar-refractivity contribution in [3.8, 4) is 50.2 Å². The van der Waals surface area contributed by atoms with E-state index >= 15 is 0 Å². The van der Waals surface area contributed by atoms with Crippen molar-refractivity contribution in [1.29, 1.82) is 0 Å². The van der Waals surface area contributed by atoms with E-state index in [2.05, 4.69) is 174 Å². The number of benzene rings is 12. The van der Waals surface area contributed by atoms with Crippen LogP contribution < -0.4 is 0 Å². The van der Waals surface area contributed by atoms with Crippen molar-refractivity contribution in [2.24, 2.45) is 0 Å². The Kier molecular flexibility index (Phi) is 7.30. The molecule has 0 amide bonds. The van der Waals surface area contributed by atoms with Gasteiger partial charge in [0.1, 0.15) is 0 Å². The van der Waals surface area contributed by atoms with Crippen LogP contribution in [0.15, 0.2) is 236 Å². The SMILES string of the molecule is [2H]c1c([2H])c([2H])c(-c2c3ccccc3c(-c3cccc4c3[se]c3cc(-c5c6ccccc6c(-c6ccc(-n7c8ccccc8c8ccccc87)cc6)c6ccccc56)ccc34)c3ccccc23)c([2H])c1[2H]. The molecule has 14 rings (SSSR count). The van der Waals surface area contributed by atoms with Gasteiger partial charge in [0, 0.05) is 10.8 Å². The second-order valence-electron chi connectivity index (χ2n) is 17.1. The van der Waals surface area contributed by atoms with Gasteiger partial charge in [-0.3, -0.25) is 0 Å². The summed E-state index contributed by atoms with van der Waals surface area (Å²) in [6, 6.07) is 72.7. The standard InChI is InChI=1S/C64H39NSe/c1-2-17-40(18-3-1)60-51-25-8-10-27-53(51)63(54-28-11-9-26-52(54)60)56-30-16-29-55-46-38-35-42(39-59(46)66-64(55)56)62-49-23-6-4-21-47(49)61(48-22-5-7-24-50(48)62)41-33-36-43(37-34-41)65-57-31-14-12-19-44(57)45-20-13-15-32-58(45)65/h1-39H/i1D,2D,3D,17D,18D. The summed E-state index contributed by atoms with van der Waals surface area (Å²) in [4.78, 5) is 0. The Morgan fingerprint density at radius 3 is 1.27 bits per heavy atom. The minimum absolute atomic E-state index is 0.0469. The molecular weight excluding hydrogens is 862 g/mol. The van der Waals surface area contributed by atoms with E-state index in [9.17, 15) is 0 Å². The average molecular weight is 906 g/mol. The van der Waals surface area contributed by atoms with Crippen molar-refractivity contribution in [1.82, 2.24) is 4.57 Å². The molecule has 0 atom stereocenters. The molecule has 0 N–H and O–H groups in total. The average Bonchev–Trinajstić information content (AvgIpc) is 3.97. The Bertz CT molecular complexity index is 4390. The Labute approximate surface area is 394 Å². The fraction of sp³-hybridized carbons (Fsp3) is 0. The molecule has 306 valence electrons. The van der Waals surface area contributed by atoms with Gasteiger partial charge in [-0.2, -0.15) is 0 Å². The molecule has 1 nitrogen and oxygen atoms in total. The van der Waals surface area contributed by atoms with Gasteiger partial charge in [-0.25, -0.2) is 0 Å². The van der Waals surface area contributed by atoms with Gasteiger partial charge in [0.2, 0.25) is 0 Å². The molecule has 2 aromatic heterocycles. The van der Waals surface area contributed by atoms with E-state index in [1.807, 2.05) is 36.4 Å². The van der Waals surface area contributed by atoms with Crippen LogP contribution in [0, 0.1) is 0 Å². The molecule has 0 aliphatic heterocycles. The topological polar surface area (TPSA) is 4.93 Å². The molecular formula is C64H39NSe. The Morgan fingerprint density at radius 2 is 0.742 bits per heavy atom. The molecule has 0 radical (unpaired) electrons. The van der Waals surface area contributed by atoms with E-state index in [1.165, 1.54) is 84.9 Å². The summed E-state index contributed by atoms with van der Waals surface area (Å²) in [5.41, 5.74) is 11.5. The fourth-order valence-corrected chi connectivity index (χ4v) is 13.6. The first-order chi connectivity index (χ1) is 34.9. The van der Waals surface area contributed by atoms with Crippen LogP contribution in [0.25, 0.3) is 134 Å². The Morgan fingerprint density at radius 1 is 0.318 bits per heavy atom. The summed E-state index contributed by atoms with van der Waals surface area (Å²) in [5.74, 6) is 0. The predicted molar refractivity (Wildman–Crippen MR) is 285 cm³/mol. The molecule has 0 bridgehead atoms. The third-order valence-electron chi connectivity index (χ3n) is 13.7. The van der Waals surface area contributed by atoms with Crippen molar-refractivity contribution >= 4 is 98.7 Å². The van der Waals surface area contributed by atoms with Crippen LogP contribution in [0.3, 0.4) is 0 Å². The molecule has 0 aliphatic carbocycles. The summed E-state index contributed by atoms with van der Waals surface area (Å²) in [7, 11) is 0. The van der Waals surface area contributed by atoms with Gasteiger partial charge in [-0.1, -0.05) is 36.4 Å². The first kappa shape index (κ1) is 32.6. The van der Waals surface area contributed by atoms with Gasteiger partial charge < -0.3 is 0 Å². The van der Waals surface area contributed by atoms with Crippen LogP contribution in [0.2, 0.25) is 0 Å². The van der Waals surface area contributed by atoms with E-state index in [0.717, 1.165) is 38.4 Å². The number of fused-ring (bicyclic) bond motifs is 10. The van der Waals surface area contributed by atoms with Crippen LogP contribution in [-0.2, 0) is 0 Å². The van der Waals surface area contributed by atoms with Gasteiger partial charge in [0.05, 0.1) is 11.0 Å². The summed E-state index contributed by atoms with van der Waals surface area (Å²) in [5, 5.41) is 13.5. The number of nitrogens with zero attached hydrogens (tertiary/aromatic N) is 1. The molecule has 0 saturated heterocycles. The number of aromatic nitrogens is 1. The molecule has 0 spiro atoms. The number of rotatable bonds is 5. The molecule has 12 aromatic carbocycles. The summed E-state index contributed by atoms with van der Waals surface area (Å²) in [6.07, 6.45) is 0. The summed E-state index contributed by atoms with van der Waals surface area (Å²) < 4.78 is 48.6. The van der Waals surface area contributed by atoms with Crippen molar-refractivity contribution in [3.05, 3.63) is 236 Å². The van der Waals surface area contributed by atoms with Gasteiger partial charge in [0.25, 0.3) is 0 Å². The molecule has 66 heavy (non-hydrogen) atoms. The molecule has 2 heteroatoms. The number of para-hydroxylation sites is 2. The van der Waals surface area contributed by atoms with Crippen LogP contribution in [0.4, 0.5) is 0 Å². The van der Waals surface area contributed by atoms with Gasteiger partial charge in [-0.05, 0) is 12.1 Å². The van der Waals surface area contributed by atoms with E-state index < -0.39 is 6.04 Å². The van der Waals surface area contributed by atoms with Crippen LogP contribution in [0.1, 0.15) is 6.85 Å². The molecule has 0 unspecified atom stereocenters. The van der Waals surface area contributed by atoms with E-state index in [-0.39, 0.29) is 44.2 Å². The van der Waals surface area contributed by atoms with Gasteiger partial charge in [0.15, 0.2) is 0 Å². The first-order valence-electron chi connectivity index (χ1n) is 24.8. The third-order valence-corrected chi connectivity index (χ3v) is 16.2. The maximum absolute atomic E-state index is 9.03. The van der Waals surface area contributed by atoms with Crippen molar-refractivity contribution in [3.63, 3.8) is 0 Å². The van der Waals surface area contributed by atoms with Crippen LogP contribution in [-0.4, -0.2) is 19.1 Å². The Hall–Kier alpha value is -8.00. The van der Waals surface area contributed by atoms with Crippen LogP contribution in [0.5, 0.6) is 0 Å². The Balaban J connectivity index is 0.944. The van der Waals surface area contributed by atoms with Crippen molar-refractivity contribution < 1.29 is 6.85 Å². The molecule has 0 saturated carbocycles. The first-order valence-corrected chi connectivity index (χ1v) is 24.1. The normalized spacial score (nSPS) is 13.0. The zero-order valence-corrected chi connectivity index (χ0v) is 37.2. The second-order valence-corrected chi connectivity index (χ2v) is 19.3. The van der Waals surface area contributed by atoms with Crippen molar-refractivity contribution in [2.75, 3.05) is 0 Å². The number of hydrogen-bond acceptors (Lipinski definition) is 0. The summed E-state index contributed by atoms with van der Waals surface area (Å²) in [6.45, 7) is 0. The molecule has 2 heterocycles. The van der Waals surface area contributed by atoms with E-state index in [1.54, 1.807) is 0 Å². The maximum atomic E-state index is 9.03.